The van der Waals surface area contributed by atoms with Crippen LogP contribution in [0.1, 0.15) is 19.4 Å². The third-order valence-corrected chi connectivity index (χ3v) is 4.47. The van der Waals surface area contributed by atoms with Crippen molar-refractivity contribution in [3.8, 4) is 0 Å². The number of nitrogens with zero attached hydrogens (tertiary/aromatic N) is 2. The number of carbonyl (C=O) groups is 1. The monoisotopic (exact) mass is 337 g/mol. The fraction of sp³-hybridized carbons (Fsp3) is 0.211. The second-order valence-corrected chi connectivity index (χ2v) is 6.08. The highest BCUT2D eigenvalue weighted by Crippen LogP contribution is 2.29. The number of amides is 1. The lowest BCUT2D eigenvalue weighted by Gasteiger charge is -2.28. The summed E-state index contributed by atoms with van der Waals surface area (Å²) in [6.07, 6.45) is -0.269. The lowest BCUT2D eigenvalue weighted by atomic mass is 10.1. The van der Waals surface area contributed by atoms with Crippen LogP contribution in [-0.4, -0.2) is 21.9 Å². The van der Waals surface area contributed by atoms with E-state index < -0.39 is 4.92 Å². The third kappa shape index (κ3) is 3.38. The largest absolute Gasteiger partial charge is 0.362 e. The molecular weight excluding hydrogens is 318 g/mol. The molecule has 128 valence electrons. The molecule has 0 radical (unpaired) electrons. The van der Waals surface area contributed by atoms with Gasteiger partial charge in [-0.15, -0.1) is 0 Å². The van der Waals surface area contributed by atoms with E-state index in [1.165, 1.54) is 12.1 Å². The van der Waals surface area contributed by atoms with E-state index in [1.807, 2.05) is 44.2 Å². The van der Waals surface area contributed by atoms with E-state index in [0.29, 0.717) is 6.54 Å². The molecule has 1 aliphatic rings. The zero-order valence-corrected chi connectivity index (χ0v) is 14.1. The minimum atomic E-state index is -0.431. The Morgan fingerprint density at radius 2 is 1.72 bits per heavy atom. The number of carbonyl (C=O) groups excluding carboxylic acids is 1. The van der Waals surface area contributed by atoms with Crippen molar-refractivity contribution < 1.29 is 9.72 Å². The highest BCUT2D eigenvalue weighted by Gasteiger charge is 2.34. The SMILES string of the molecule is CC1=C(C)C(Nc2ccc([N+](=O)[O-])cc2)N(Cc2ccccc2)C1=O. The van der Waals surface area contributed by atoms with E-state index in [-0.39, 0.29) is 17.8 Å². The number of hydrogen-bond acceptors (Lipinski definition) is 4. The lowest BCUT2D eigenvalue weighted by molar-refractivity contribution is -0.384. The molecule has 3 rings (SSSR count). The number of nitrogens with one attached hydrogen (secondary N) is 1. The van der Waals surface area contributed by atoms with E-state index in [1.54, 1.807) is 17.0 Å². The first-order valence-corrected chi connectivity index (χ1v) is 8.00. The highest BCUT2D eigenvalue weighted by atomic mass is 16.6. The van der Waals surface area contributed by atoms with Gasteiger partial charge in [0.05, 0.1) is 4.92 Å². The Kier molecular flexibility index (Phi) is 4.52. The first-order chi connectivity index (χ1) is 12.0. The minimum Gasteiger partial charge on any atom is -0.362 e. The summed E-state index contributed by atoms with van der Waals surface area (Å²) in [5, 5.41) is 14.1. The third-order valence-electron chi connectivity index (χ3n) is 4.47. The zero-order valence-electron chi connectivity index (χ0n) is 14.1. The van der Waals surface area contributed by atoms with Crippen LogP contribution in [-0.2, 0) is 11.3 Å². The standard InChI is InChI=1S/C19H19N3O3/c1-13-14(2)19(23)21(12-15-6-4-3-5-7-15)18(13)20-16-8-10-17(11-9-16)22(24)25/h3-11,18,20H,12H2,1-2H3. The Morgan fingerprint density at radius 1 is 1.08 bits per heavy atom. The normalized spacial score (nSPS) is 17.1. The molecule has 25 heavy (non-hydrogen) atoms. The van der Waals surface area contributed by atoms with Crippen LogP contribution in [0, 0.1) is 10.1 Å². The lowest BCUT2D eigenvalue weighted by Crippen LogP contribution is -2.40. The summed E-state index contributed by atoms with van der Waals surface area (Å²) in [6.45, 7) is 4.26. The number of nitro benzene ring substituents is 1. The Balaban J connectivity index is 1.83. The predicted octanol–water partition coefficient (Wildman–Crippen LogP) is 3.71. The number of rotatable bonds is 5. The molecule has 0 bridgehead atoms. The van der Waals surface area contributed by atoms with Crippen LogP contribution in [0.15, 0.2) is 65.7 Å². The maximum atomic E-state index is 12.6. The van der Waals surface area contributed by atoms with Crippen LogP contribution in [0.2, 0.25) is 0 Å². The zero-order chi connectivity index (χ0) is 18.0. The number of hydrogen-bond donors (Lipinski definition) is 1. The Bertz CT molecular complexity index is 829. The van der Waals surface area contributed by atoms with Gasteiger partial charge in [-0.25, -0.2) is 0 Å². The van der Waals surface area contributed by atoms with Crippen molar-refractivity contribution in [2.75, 3.05) is 5.32 Å². The summed E-state index contributed by atoms with van der Waals surface area (Å²) in [6, 6.07) is 16.0. The molecule has 6 nitrogen and oxygen atoms in total. The molecule has 1 atom stereocenters. The molecule has 6 heteroatoms. The molecule has 2 aromatic rings. The number of anilines is 1. The molecule has 0 spiro atoms. The van der Waals surface area contributed by atoms with Crippen LogP contribution in [0.3, 0.4) is 0 Å². The van der Waals surface area contributed by atoms with Crippen LogP contribution in [0.25, 0.3) is 0 Å². The summed E-state index contributed by atoms with van der Waals surface area (Å²) < 4.78 is 0. The van der Waals surface area contributed by atoms with Crippen molar-refractivity contribution in [2.24, 2.45) is 0 Å². The molecular formula is C19H19N3O3. The topological polar surface area (TPSA) is 75.5 Å². The van der Waals surface area contributed by atoms with Gasteiger partial charge >= 0.3 is 0 Å². The van der Waals surface area contributed by atoms with Crippen LogP contribution in [0.4, 0.5) is 11.4 Å². The molecule has 1 aliphatic heterocycles. The maximum absolute atomic E-state index is 12.6. The van der Waals surface area contributed by atoms with Crippen LogP contribution < -0.4 is 5.32 Å². The van der Waals surface area contributed by atoms with Gasteiger partial charge in [0.1, 0.15) is 6.17 Å². The molecule has 1 unspecified atom stereocenters. The molecule has 1 N–H and O–H groups in total. The van der Waals surface area contributed by atoms with Gasteiger partial charge < -0.3 is 10.2 Å². The molecule has 1 heterocycles. The summed E-state index contributed by atoms with van der Waals surface area (Å²) in [5.74, 6) is 0.000708. The molecule has 0 aliphatic carbocycles. The van der Waals surface area contributed by atoms with Gasteiger partial charge in [-0.1, -0.05) is 30.3 Å². The van der Waals surface area contributed by atoms with E-state index in [0.717, 1.165) is 22.4 Å². The van der Waals surface area contributed by atoms with Gasteiger partial charge in [0.25, 0.3) is 11.6 Å². The summed E-state index contributed by atoms with van der Waals surface area (Å²) in [5.41, 5.74) is 3.51. The van der Waals surface area contributed by atoms with Crippen molar-refractivity contribution in [1.29, 1.82) is 0 Å². The number of non-ortho nitro benzene ring substituents is 1. The average molecular weight is 337 g/mol. The predicted molar refractivity (Wildman–Crippen MR) is 95.9 cm³/mol. The van der Waals surface area contributed by atoms with Gasteiger partial charge in [0.15, 0.2) is 0 Å². The maximum Gasteiger partial charge on any atom is 0.269 e. The Labute approximate surface area is 145 Å². The second-order valence-electron chi connectivity index (χ2n) is 6.08. The van der Waals surface area contributed by atoms with Crippen molar-refractivity contribution in [2.45, 2.75) is 26.6 Å². The number of benzene rings is 2. The fourth-order valence-electron chi connectivity index (χ4n) is 2.91. The van der Waals surface area contributed by atoms with Crippen molar-refractivity contribution >= 4 is 17.3 Å². The van der Waals surface area contributed by atoms with E-state index in [4.69, 9.17) is 0 Å². The van der Waals surface area contributed by atoms with Crippen molar-refractivity contribution in [1.82, 2.24) is 4.90 Å². The molecule has 0 aromatic heterocycles. The van der Waals surface area contributed by atoms with Crippen molar-refractivity contribution in [3.63, 3.8) is 0 Å². The van der Waals surface area contributed by atoms with Gasteiger partial charge in [-0.05, 0) is 37.1 Å². The molecule has 0 fully saturated rings. The average Bonchev–Trinajstić information content (AvgIpc) is 2.81. The first kappa shape index (κ1) is 16.7. The summed E-state index contributed by atoms with van der Waals surface area (Å²) in [7, 11) is 0. The first-order valence-electron chi connectivity index (χ1n) is 8.00. The quantitative estimate of drug-likeness (QED) is 0.666. The summed E-state index contributed by atoms with van der Waals surface area (Å²) in [4.78, 5) is 24.7. The minimum absolute atomic E-state index is 0.000708. The van der Waals surface area contributed by atoms with Crippen LogP contribution in [0.5, 0.6) is 0 Å². The van der Waals surface area contributed by atoms with Gasteiger partial charge in [-0.2, -0.15) is 0 Å². The molecule has 2 aromatic carbocycles. The van der Waals surface area contributed by atoms with E-state index in [9.17, 15) is 14.9 Å². The number of nitro groups is 1. The van der Waals surface area contributed by atoms with Crippen LogP contribution >= 0.6 is 0 Å². The highest BCUT2D eigenvalue weighted by molar-refractivity contribution is 5.97. The van der Waals surface area contributed by atoms with Gasteiger partial charge in [0, 0.05) is 29.9 Å². The Morgan fingerprint density at radius 3 is 2.32 bits per heavy atom. The van der Waals surface area contributed by atoms with Gasteiger partial charge in [-0.3, -0.25) is 14.9 Å². The van der Waals surface area contributed by atoms with E-state index in [2.05, 4.69) is 5.32 Å². The van der Waals surface area contributed by atoms with E-state index >= 15 is 0 Å². The Hall–Kier alpha value is -3.15. The second kappa shape index (κ2) is 6.76. The fourth-order valence-corrected chi connectivity index (χ4v) is 2.91. The molecule has 0 saturated heterocycles. The van der Waals surface area contributed by atoms with Gasteiger partial charge in [0.2, 0.25) is 0 Å². The molecule has 1 amide bonds. The smallest absolute Gasteiger partial charge is 0.269 e. The van der Waals surface area contributed by atoms with Crippen molar-refractivity contribution in [3.05, 3.63) is 81.4 Å². The summed E-state index contributed by atoms with van der Waals surface area (Å²) >= 11 is 0. The molecule has 0 saturated carbocycles.